The molecule has 1 amide bonds. The lowest BCUT2D eigenvalue weighted by Gasteiger charge is -2.30. The number of amides is 1. The average molecular weight is 356 g/mol. The molecule has 138 valence electrons. The third-order valence-electron chi connectivity index (χ3n) is 4.49. The molecule has 3 rings (SSSR count). The van der Waals surface area contributed by atoms with Gasteiger partial charge >= 0.3 is 0 Å². The van der Waals surface area contributed by atoms with Crippen LogP contribution in [-0.4, -0.2) is 48.1 Å². The maximum Gasteiger partial charge on any atom is 0.274 e. The monoisotopic (exact) mass is 356 g/mol. The molecule has 0 saturated carbocycles. The Labute approximate surface area is 153 Å². The molecule has 7 nitrogen and oxygen atoms in total. The molecule has 1 aliphatic heterocycles. The van der Waals surface area contributed by atoms with Crippen LogP contribution < -0.4 is 14.8 Å². The molecule has 1 aliphatic rings. The standard InChI is InChI=1S/C19H24N4O3/c1-13-5-4-8-23(12-13)19(24)16-10-21-18(11-20-16)22-15-7-6-14(25-2)9-17(15)26-3/h6-7,9-11,13H,4-5,8,12H2,1-3H3,(H,21,22). The number of ether oxygens (including phenoxy) is 2. The van der Waals surface area contributed by atoms with Gasteiger partial charge in [0.2, 0.25) is 0 Å². The molecule has 1 aromatic heterocycles. The molecule has 7 heteroatoms. The number of piperidine rings is 1. The van der Waals surface area contributed by atoms with E-state index in [1.165, 1.54) is 12.6 Å². The Hall–Kier alpha value is -2.83. The van der Waals surface area contributed by atoms with Crippen molar-refractivity contribution in [2.75, 3.05) is 32.6 Å². The number of hydrogen-bond donors (Lipinski definition) is 1. The first-order chi connectivity index (χ1) is 12.6. The van der Waals surface area contributed by atoms with Gasteiger partial charge in [-0.3, -0.25) is 4.79 Å². The van der Waals surface area contributed by atoms with Gasteiger partial charge in [0.1, 0.15) is 23.0 Å². The molecule has 0 spiro atoms. The number of anilines is 2. The summed E-state index contributed by atoms with van der Waals surface area (Å²) in [7, 11) is 3.19. The van der Waals surface area contributed by atoms with Crippen LogP contribution in [0.5, 0.6) is 11.5 Å². The minimum atomic E-state index is -0.0578. The number of methoxy groups -OCH3 is 2. The molecule has 1 unspecified atom stereocenters. The molecule has 0 radical (unpaired) electrons. The van der Waals surface area contributed by atoms with Gasteiger partial charge in [-0.1, -0.05) is 6.92 Å². The first-order valence-corrected chi connectivity index (χ1v) is 8.71. The van der Waals surface area contributed by atoms with Gasteiger partial charge in [-0.2, -0.15) is 0 Å². The summed E-state index contributed by atoms with van der Waals surface area (Å²) in [4.78, 5) is 23.0. The van der Waals surface area contributed by atoms with Crippen LogP contribution >= 0.6 is 0 Å². The molecule has 26 heavy (non-hydrogen) atoms. The first kappa shape index (κ1) is 18.0. The summed E-state index contributed by atoms with van der Waals surface area (Å²) in [6.45, 7) is 3.73. The van der Waals surface area contributed by atoms with Gasteiger partial charge < -0.3 is 19.7 Å². The average Bonchev–Trinajstić information content (AvgIpc) is 2.68. The van der Waals surface area contributed by atoms with Crippen molar-refractivity contribution < 1.29 is 14.3 Å². The number of likely N-dealkylation sites (tertiary alicyclic amines) is 1. The van der Waals surface area contributed by atoms with Crippen LogP contribution in [0.25, 0.3) is 0 Å². The third-order valence-corrected chi connectivity index (χ3v) is 4.49. The second-order valence-electron chi connectivity index (χ2n) is 6.48. The second-order valence-corrected chi connectivity index (χ2v) is 6.48. The van der Waals surface area contributed by atoms with Gasteiger partial charge in [0.05, 0.1) is 32.3 Å². The Kier molecular flexibility index (Phi) is 5.55. The van der Waals surface area contributed by atoms with Gasteiger partial charge in [-0.25, -0.2) is 9.97 Å². The summed E-state index contributed by atoms with van der Waals surface area (Å²) < 4.78 is 10.6. The first-order valence-electron chi connectivity index (χ1n) is 8.71. The number of aromatic nitrogens is 2. The molecule has 1 atom stereocenters. The minimum absolute atomic E-state index is 0.0578. The molecule has 1 fully saturated rings. The molecule has 2 aromatic rings. The van der Waals surface area contributed by atoms with Crippen LogP contribution in [-0.2, 0) is 0 Å². The predicted molar refractivity (Wildman–Crippen MR) is 99.2 cm³/mol. The van der Waals surface area contributed by atoms with Crippen molar-refractivity contribution in [3.63, 3.8) is 0 Å². The number of rotatable bonds is 5. The van der Waals surface area contributed by atoms with E-state index in [1.54, 1.807) is 26.5 Å². The Morgan fingerprint density at radius 1 is 1.23 bits per heavy atom. The van der Waals surface area contributed by atoms with E-state index in [1.807, 2.05) is 17.0 Å². The van der Waals surface area contributed by atoms with Crippen LogP contribution in [0.15, 0.2) is 30.6 Å². The molecular formula is C19H24N4O3. The number of carbonyl (C=O) groups excluding carboxylic acids is 1. The number of benzene rings is 1. The van der Waals surface area contributed by atoms with Gasteiger partial charge in [-0.15, -0.1) is 0 Å². The van der Waals surface area contributed by atoms with Gasteiger partial charge in [0.15, 0.2) is 0 Å². The van der Waals surface area contributed by atoms with Crippen molar-refractivity contribution in [1.29, 1.82) is 0 Å². The maximum atomic E-state index is 12.6. The quantitative estimate of drug-likeness (QED) is 0.887. The maximum absolute atomic E-state index is 12.6. The third kappa shape index (κ3) is 4.04. The molecule has 2 heterocycles. The van der Waals surface area contributed by atoms with E-state index in [0.717, 1.165) is 25.2 Å². The summed E-state index contributed by atoms with van der Waals surface area (Å²) >= 11 is 0. The molecule has 1 aromatic carbocycles. The van der Waals surface area contributed by atoms with E-state index in [9.17, 15) is 4.79 Å². The molecule has 1 N–H and O–H groups in total. The largest absolute Gasteiger partial charge is 0.497 e. The van der Waals surface area contributed by atoms with Crippen molar-refractivity contribution in [2.45, 2.75) is 19.8 Å². The smallest absolute Gasteiger partial charge is 0.274 e. The number of carbonyl (C=O) groups is 1. The number of nitrogens with one attached hydrogen (secondary N) is 1. The zero-order valence-corrected chi connectivity index (χ0v) is 15.4. The van der Waals surface area contributed by atoms with E-state index in [-0.39, 0.29) is 5.91 Å². The van der Waals surface area contributed by atoms with Gasteiger partial charge in [0.25, 0.3) is 5.91 Å². The lowest BCUT2D eigenvalue weighted by atomic mass is 10.0. The lowest BCUT2D eigenvalue weighted by Crippen LogP contribution is -2.39. The highest BCUT2D eigenvalue weighted by atomic mass is 16.5. The normalized spacial score (nSPS) is 16.9. The van der Waals surface area contributed by atoms with Gasteiger partial charge in [0, 0.05) is 19.2 Å². The van der Waals surface area contributed by atoms with Crippen LogP contribution in [0.2, 0.25) is 0 Å². The lowest BCUT2D eigenvalue weighted by molar-refractivity contribution is 0.0676. The van der Waals surface area contributed by atoms with E-state index in [0.29, 0.717) is 28.9 Å². The van der Waals surface area contributed by atoms with Crippen molar-refractivity contribution >= 4 is 17.4 Å². The van der Waals surface area contributed by atoms with Crippen LogP contribution in [0.4, 0.5) is 11.5 Å². The van der Waals surface area contributed by atoms with Crippen molar-refractivity contribution in [3.05, 3.63) is 36.3 Å². The van der Waals surface area contributed by atoms with E-state index in [2.05, 4.69) is 22.2 Å². The minimum Gasteiger partial charge on any atom is -0.497 e. The second kappa shape index (κ2) is 8.03. The fourth-order valence-electron chi connectivity index (χ4n) is 3.08. The molecule has 0 aliphatic carbocycles. The van der Waals surface area contributed by atoms with Crippen molar-refractivity contribution in [3.8, 4) is 11.5 Å². The summed E-state index contributed by atoms with van der Waals surface area (Å²) in [5.74, 6) is 2.35. The summed E-state index contributed by atoms with van der Waals surface area (Å²) in [5, 5.41) is 3.15. The highest BCUT2D eigenvalue weighted by Crippen LogP contribution is 2.30. The topological polar surface area (TPSA) is 76.6 Å². The van der Waals surface area contributed by atoms with Crippen LogP contribution in [0.1, 0.15) is 30.3 Å². The number of nitrogens with zero attached hydrogens (tertiary/aromatic N) is 3. The van der Waals surface area contributed by atoms with Crippen LogP contribution in [0, 0.1) is 5.92 Å². The predicted octanol–water partition coefficient (Wildman–Crippen LogP) is 3.11. The Bertz CT molecular complexity index is 764. The summed E-state index contributed by atoms with van der Waals surface area (Å²) in [6.07, 6.45) is 5.28. The Morgan fingerprint density at radius 3 is 2.73 bits per heavy atom. The van der Waals surface area contributed by atoms with Gasteiger partial charge in [-0.05, 0) is 30.9 Å². The van der Waals surface area contributed by atoms with E-state index < -0.39 is 0 Å². The van der Waals surface area contributed by atoms with E-state index >= 15 is 0 Å². The fourth-order valence-corrected chi connectivity index (χ4v) is 3.08. The van der Waals surface area contributed by atoms with Crippen molar-refractivity contribution in [1.82, 2.24) is 14.9 Å². The zero-order valence-electron chi connectivity index (χ0n) is 15.4. The van der Waals surface area contributed by atoms with E-state index in [4.69, 9.17) is 9.47 Å². The molecule has 0 bridgehead atoms. The highest BCUT2D eigenvalue weighted by molar-refractivity contribution is 5.92. The van der Waals surface area contributed by atoms with Crippen LogP contribution in [0.3, 0.4) is 0 Å². The summed E-state index contributed by atoms with van der Waals surface area (Å²) in [6, 6.07) is 5.45. The molecule has 1 saturated heterocycles. The number of hydrogen-bond acceptors (Lipinski definition) is 6. The highest BCUT2D eigenvalue weighted by Gasteiger charge is 2.23. The SMILES string of the molecule is COc1ccc(Nc2cnc(C(=O)N3CCCC(C)C3)cn2)c(OC)c1. The van der Waals surface area contributed by atoms with Crippen molar-refractivity contribution in [2.24, 2.45) is 5.92 Å². The molecular weight excluding hydrogens is 332 g/mol. The zero-order chi connectivity index (χ0) is 18.5. The Morgan fingerprint density at radius 2 is 2.08 bits per heavy atom. The summed E-state index contributed by atoms with van der Waals surface area (Å²) in [5.41, 5.74) is 1.11. The Balaban J connectivity index is 1.71. The fraction of sp³-hybridized carbons (Fsp3) is 0.421.